The van der Waals surface area contributed by atoms with Gasteiger partial charge < -0.3 is 14.6 Å². The number of likely N-dealkylation sites (tertiary alicyclic amines) is 1. The zero-order chi connectivity index (χ0) is 13.8. The number of aromatic nitrogens is 1. The summed E-state index contributed by atoms with van der Waals surface area (Å²) in [6, 6.07) is 2.02. The molecule has 5 nitrogen and oxygen atoms in total. The zero-order valence-electron chi connectivity index (χ0n) is 12.4. The van der Waals surface area contributed by atoms with Crippen molar-refractivity contribution in [2.75, 3.05) is 33.3 Å². The molecule has 0 amide bonds. The number of hydrogen-bond acceptors (Lipinski definition) is 5. The highest BCUT2D eigenvalue weighted by Gasteiger charge is 2.36. The number of nitrogens with one attached hydrogen (secondary N) is 1. The van der Waals surface area contributed by atoms with E-state index >= 15 is 0 Å². The van der Waals surface area contributed by atoms with Gasteiger partial charge in [0.2, 0.25) is 0 Å². The summed E-state index contributed by atoms with van der Waals surface area (Å²) in [6.07, 6.45) is 5.34. The lowest BCUT2D eigenvalue weighted by atomic mass is 9.74. The van der Waals surface area contributed by atoms with Gasteiger partial charge in [-0.3, -0.25) is 4.90 Å². The molecule has 0 aromatic carbocycles. The summed E-state index contributed by atoms with van der Waals surface area (Å²) < 4.78 is 10.3. The van der Waals surface area contributed by atoms with E-state index in [9.17, 15) is 0 Å². The molecule has 0 aliphatic carbocycles. The second kappa shape index (κ2) is 6.24. The number of ether oxygens (including phenoxy) is 1. The smallest absolute Gasteiger partial charge is 0.162 e. The highest BCUT2D eigenvalue weighted by atomic mass is 16.5. The van der Waals surface area contributed by atoms with Gasteiger partial charge in [0.25, 0.3) is 0 Å². The first-order valence-corrected chi connectivity index (χ1v) is 7.66. The van der Waals surface area contributed by atoms with Crippen LogP contribution in [0.4, 0.5) is 0 Å². The maximum Gasteiger partial charge on any atom is 0.162 e. The number of hydrogen-bond donors (Lipinski definition) is 1. The normalized spacial score (nSPS) is 28.1. The van der Waals surface area contributed by atoms with Gasteiger partial charge in [-0.2, -0.15) is 0 Å². The van der Waals surface area contributed by atoms with Crippen molar-refractivity contribution < 1.29 is 9.26 Å². The van der Waals surface area contributed by atoms with E-state index in [1.54, 1.807) is 7.11 Å². The molecule has 1 unspecified atom stereocenters. The van der Waals surface area contributed by atoms with Gasteiger partial charge in [-0.05, 0) is 44.2 Å². The summed E-state index contributed by atoms with van der Waals surface area (Å²) in [6.45, 7) is 6.12. The molecule has 0 radical (unpaired) electrons. The standard InChI is InChI=1S/C15H25N3O2/c1-19-10-14-8-13(17-20-14)9-18-7-3-5-15(12-18)4-2-6-16-11-15/h8,16H,2-7,9-12H2,1H3. The molecule has 0 saturated carbocycles. The van der Waals surface area contributed by atoms with E-state index < -0.39 is 0 Å². The number of rotatable bonds is 4. The van der Waals surface area contributed by atoms with Crippen molar-refractivity contribution in [2.24, 2.45) is 5.41 Å². The lowest BCUT2D eigenvalue weighted by Gasteiger charge is -2.45. The van der Waals surface area contributed by atoms with Crippen LogP contribution in [0.5, 0.6) is 0 Å². The highest BCUT2D eigenvalue weighted by Crippen LogP contribution is 2.36. The van der Waals surface area contributed by atoms with Gasteiger partial charge in [-0.25, -0.2) is 0 Å². The third kappa shape index (κ3) is 3.22. The van der Waals surface area contributed by atoms with E-state index in [1.165, 1.54) is 51.9 Å². The molecule has 2 fully saturated rings. The van der Waals surface area contributed by atoms with E-state index in [2.05, 4.69) is 15.4 Å². The fourth-order valence-corrected chi connectivity index (χ4v) is 3.69. The summed E-state index contributed by atoms with van der Waals surface area (Å²) >= 11 is 0. The Morgan fingerprint density at radius 3 is 3.15 bits per heavy atom. The van der Waals surface area contributed by atoms with E-state index in [4.69, 9.17) is 9.26 Å². The maximum absolute atomic E-state index is 5.27. The third-order valence-corrected chi connectivity index (χ3v) is 4.58. The van der Waals surface area contributed by atoms with E-state index in [1.807, 2.05) is 6.07 Å². The van der Waals surface area contributed by atoms with E-state index in [0.29, 0.717) is 12.0 Å². The summed E-state index contributed by atoms with van der Waals surface area (Å²) in [5.74, 6) is 0.813. The summed E-state index contributed by atoms with van der Waals surface area (Å²) in [7, 11) is 1.67. The molecule has 1 aromatic heterocycles. The molecule has 1 spiro atoms. The van der Waals surface area contributed by atoms with Gasteiger partial charge in [0.15, 0.2) is 5.76 Å². The van der Waals surface area contributed by atoms with Crippen molar-refractivity contribution in [1.82, 2.24) is 15.4 Å². The second-order valence-corrected chi connectivity index (χ2v) is 6.31. The molecule has 112 valence electrons. The molecule has 1 N–H and O–H groups in total. The van der Waals surface area contributed by atoms with Gasteiger partial charge >= 0.3 is 0 Å². The lowest BCUT2D eigenvalue weighted by molar-refractivity contribution is 0.0587. The summed E-state index contributed by atoms with van der Waals surface area (Å²) in [5, 5.41) is 7.72. The predicted molar refractivity (Wildman–Crippen MR) is 76.3 cm³/mol. The number of methoxy groups -OCH3 is 1. The van der Waals surface area contributed by atoms with Crippen LogP contribution < -0.4 is 5.32 Å². The van der Waals surface area contributed by atoms with Gasteiger partial charge in [-0.1, -0.05) is 5.16 Å². The molecule has 5 heteroatoms. The minimum Gasteiger partial charge on any atom is -0.377 e. The van der Waals surface area contributed by atoms with Crippen molar-refractivity contribution in [1.29, 1.82) is 0 Å². The average molecular weight is 279 g/mol. The molecule has 3 heterocycles. The topological polar surface area (TPSA) is 50.5 Å². The van der Waals surface area contributed by atoms with Gasteiger partial charge in [0.05, 0.1) is 5.69 Å². The molecule has 3 rings (SSSR count). The Balaban J connectivity index is 1.59. The van der Waals surface area contributed by atoms with Gasteiger partial charge in [0.1, 0.15) is 6.61 Å². The average Bonchev–Trinajstić information content (AvgIpc) is 2.87. The largest absolute Gasteiger partial charge is 0.377 e. The van der Waals surface area contributed by atoms with Crippen LogP contribution in [0.1, 0.15) is 37.1 Å². The van der Waals surface area contributed by atoms with Crippen molar-refractivity contribution in [3.05, 3.63) is 17.5 Å². The molecule has 0 bridgehead atoms. The quantitative estimate of drug-likeness (QED) is 0.910. The first-order valence-electron chi connectivity index (χ1n) is 7.66. The van der Waals surface area contributed by atoms with Crippen LogP contribution in [0.3, 0.4) is 0 Å². The van der Waals surface area contributed by atoms with Crippen LogP contribution in [0, 0.1) is 5.41 Å². The van der Waals surface area contributed by atoms with E-state index in [-0.39, 0.29) is 0 Å². The second-order valence-electron chi connectivity index (χ2n) is 6.31. The van der Waals surface area contributed by atoms with Crippen LogP contribution in [-0.4, -0.2) is 43.3 Å². The van der Waals surface area contributed by atoms with Crippen LogP contribution in [0.15, 0.2) is 10.6 Å². The fourth-order valence-electron chi connectivity index (χ4n) is 3.69. The van der Waals surface area contributed by atoms with Crippen molar-refractivity contribution in [3.63, 3.8) is 0 Å². The van der Waals surface area contributed by atoms with Crippen molar-refractivity contribution in [3.8, 4) is 0 Å². The minimum absolute atomic E-state index is 0.496. The SMILES string of the molecule is COCc1cc(CN2CCCC3(CCCNC3)C2)no1. The summed E-state index contributed by atoms with van der Waals surface area (Å²) in [4.78, 5) is 2.53. The van der Waals surface area contributed by atoms with Crippen LogP contribution in [0.2, 0.25) is 0 Å². The molecule has 20 heavy (non-hydrogen) atoms. The Morgan fingerprint density at radius 1 is 1.45 bits per heavy atom. The lowest BCUT2D eigenvalue weighted by Crippen LogP contribution is -2.50. The molecule has 1 aromatic rings. The molecular formula is C15H25N3O2. The Morgan fingerprint density at radius 2 is 2.35 bits per heavy atom. The Hall–Kier alpha value is -0.910. The van der Waals surface area contributed by atoms with Crippen molar-refractivity contribution >= 4 is 0 Å². The Bertz CT molecular complexity index is 421. The van der Waals surface area contributed by atoms with Crippen molar-refractivity contribution in [2.45, 2.75) is 38.8 Å². The first-order chi connectivity index (χ1) is 9.80. The van der Waals surface area contributed by atoms with Gasteiger partial charge in [0, 0.05) is 32.8 Å². The monoisotopic (exact) mass is 279 g/mol. The molecule has 2 aliphatic rings. The number of nitrogens with zero attached hydrogens (tertiary/aromatic N) is 2. The van der Waals surface area contributed by atoms with Crippen LogP contribution >= 0.6 is 0 Å². The zero-order valence-corrected chi connectivity index (χ0v) is 12.4. The third-order valence-electron chi connectivity index (χ3n) is 4.58. The molecular weight excluding hydrogens is 254 g/mol. The molecule has 1 atom stereocenters. The highest BCUT2D eigenvalue weighted by molar-refractivity contribution is 5.05. The van der Waals surface area contributed by atoms with E-state index in [0.717, 1.165) is 18.0 Å². The fraction of sp³-hybridized carbons (Fsp3) is 0.800. The Labute approximate surface area is 120 Å². The first kappa shape index (κ1) is 14.0. The predicted octanol–water partition coefficient (Wildman–Crippen LogP) is 1.79. The molecule has 2 saturated heterocycles. The maximum atomic E-state index is 5.27. The van der Waals surface area contributed by atoms with Crippen LogP contribution in [0.25, 0.3) is 0 Å². The summed E-state index contributed by atoms with van der Waals surface area (Å²) in [5.41, 5.74) is 1.52. The number of piperidine rings is 2. The van der Waals surface area contributed by atoms with Crippen LogP contribution in [-0.2, 0) is 17.9 Å². The minimum atomic E-state index is 0.496. The van der Waals surface area contributed by atoms with Gasteiger partial charge in [-0.15, -0.1) is 0 Å². The Kier molecular flexibility index (Phi) is 4.38. The molecule has 2 aliphatic heterocycles.